The Morgan fingerprint density at radius 3 is 1.82 bits per heavy atom. The Morgan fingerprint density at radius 1 is 0.711 bits per heavy atom. The minimum Gasteiger partial charge on any atom is -0.466 e. The maximum absolute atomic E-state index is 12.3. The highest BCUT2D eigenvalue weighted by Crippen LogP contribution is 2.29. The van der Waals surface area contributed by atoms with Crippen LogP contribution >= 0.6 is 35.1 Å². The number of hydrogen-bond donors (Lipinski definition) is 0. The van der Waals surface area contributed by atoms with E-state index < -0.39 is 0 Å². The fourth-order valence-corrected chi connectivity index (χ4v) is 6.56. The van der Waals surface area contributed by atoms with E-state index in [4.69, 9.17) is 16.3 Å². The number of ether oxygens (including phenoxy) is 1. The van der Waals surface area contributed by atoms with Crippen molar-refractivity contribution in [1.29, 1.82) is 0 Å². The fraction of sp³-hybridized carbons (Fsp3) is 0.867. The maximum atomic E-state index is 12.3. The molecule has 0 saturated carbocycles. The van der Waals surface area contributed by atoms with Gasteiger partial charge in [0.15, 0.2) is 10.3 Å². The zero-order valence-corrected chi connectivity index (χ0v) is 26.9. The van der Waals surface area contributed by atoms with Crippen molar-refractivity contribution in [2.24, 2.45) is 0 Å². The van der Waals surface area contributed by atoms with Crippen molar-refractivity contribution < 1.29 is 9.53 Å². The van der Waals surface area contributed by atoms with Gasteiger partial charge >= 0.3 is 5.97 Å². The summed E-state index contributed by atoms with van der Waals surface area (Å²) in [5, 5.41) is 1.62. The number of unbranched alkanes of at least 4 members (excludes halogenated alkanes) is 15. The quantitative estimate of drug-likeness (QED) is 0.0606. The number of thioether (sulfide) groups is 2. The summed E-state index contributed by atoms with van der Waals surface area (Å²) in [6.07, 6.45) is 24.5. The van der Waals surface area contributed by atoms with Crippen LogP contribution in [0.1, 0.15) is 149 Å². The van der Waals surface area contributed by atoms with Gasteiger partial charge in [0, 0.05) is 11.0 Å². The Bertz CT molecular complexity index is 712. The Labute approximate surface area is 247 Å². The molecule has 1 heterocycles. The van der Waals surface area contributed by atoms with E-state index in [-0.39, 0.29) is 16.5 Å². The Kier molecular flexibility index (Phi) is 23.8. The van der Waals surface area contributed by atoms with Gasteiger partial charge in [-0.25, -0.2) is 0 Å². The summed E-state index contributed by atoms with van der Waals surface area (Å²) in [6.45, 7) is 6.97. The van der Waals surface area contributed by atoms with Crippen LogP contribution in [0.3, 0.4) is 0 Å². The first kappa shape index (κ1) is 35.5. The van der Waals surface area contributed by atoms with E-state index in [9.17, 15) is 4.79 Å². The zero-order chi connectivity index (χ0) is 27.7. The van der Waals surface area contributed by atoms with Gasteiger partial charge in [0.05, 0.1) is 13.0 Å². The number of carbonyl (C=O) groups excluding carboxylic acids is 1. The first-order chi connectivity index (χ1) is 18.6. The van der Waals surface area contributed by atoms with E-state index in [1.54, 1.807) is 11.8 Å². The molecule has 0 saturated heterocycles. The number of nitrogens with zero attached hydrogens (tertiary/aromatic N) is 3. The van der Waals surface area contributed by atoms with Gasteiger partial charge in [-0.05, 0) is 30.9 Å². The number of hydrogen-bond acceptors (Lipinski definition) is 7. The van der Waals surface area contributed by atoms with E-state index >= 15 is 0 Å². The number of aromatic nitrogens is 3. The summed E-state index contributed by atoms with van der Waals surface area (Å²) >= 11 is 9.43. The molecule has 220 valence electrons. The summed E-state index contributed by atoms with van der Waals surface area (Å²) in [5.74, 6) is 0.850. The maximum Gasteiger partial charge on any atom is 0.306 e. The van der Waals surface area contributed by atoms with Crippen LogP contribution in [0.25, 0.3) is 0 Å². The molecule has 0 aliphatic rings. The van der Waals surface area contributed by atoms with Crippen LogP contribution in [0.15, 0.2) is 10.3 Å². The standard InChI is InChI=1S/C30H54ClN3O2S2/c1-4-7-9-11-12-13-14-15-16-17-18-19-21-24-37-29-32-28(31)33-30(34-29)38-26(22-20-10-8-5-2)25-27(35)36-23-6-3/h26H,4-25H2,1-3H3. The van der Waals surface area contributed by atoms with Crippen molar-refractivity contribution >= 4 is 41.1 Å². The smallest absolute Gasteiger partial charge is 0.306 e. The van der Waals surface area contributed by atoms with E-state index in [1.165, 1.54) is 108 Å². The lowest BCUT2D eigenvalue weighted by Crippen LogP contribution is -2.15. The first-order valence-electron chi connectivity index (χ1n) is 15.5. The number of carbonyl (C=O) groups is 1. The van der Waals surface area contributed by atoms with E-state index in [2.05, 4.69) is 28.8 Å². The lowest BCUT2D eigenvalue weighted by molar-refractivity contribution is -0.143. The molecule has 5 nitrogen and oxygen atoms in total. The van der Waals surface area contributed by atoms with Crippen LogP contribution in [0.2, 0.25) is 5.28 Å². The van der Waals surface area contributed by atoms with Gasteiger partial charge < -0.3 is 4.74 Å². The molecule has 1 aromatic rings. The van der Waals surface area contributed by atoms with E-state index in [0.717, 1.165) is 31.4 Å². The van der Waals surface area contributed by atoms with Crippen LogP contribution in [-0.2, 0) is 9.53 Å². The van der Waals surface area contributed by atoms with Crippen LogP contribution < -0.4 is 0 Å². The molecule has 0 N–H and O–H groups in total. The first-order valence-corrected chi connectivity index (χ1v) is 17.7. The summed E-state index contributed by atoms with van der Waals surface area (Å²) in [5.41, 5.74) is 0. The van der Waals surface area contributed by atoms with Crippen molar-refractivity contribution in [1.82, 2.24) is 15.0 Å². The van der Waals surface area contributed by atoms with Crippen molar-refractivity contribution in [2.75, 3.05) is 12.4 Å². The van der Waals surface area contributed by atoms with Crippen LogP contribution in [0, 0.1) is 0 Å². The molecule has 1 rings (SSSR count). The van der Waals surface area contributed by atoms with Gasteiger partial charge in [-0.2, -0.15) is 15.0 Å². The van der Waals surface area contributed by atoms with Crippen LogP contribution in [-0.4, -0.2) is 38.5 Å². The number of esters is 1. The highest BCUT2D eigenvalue weighted by Gasteiger charge is 2.19. The van der Waals surface area contributed by atoms with Crippen molar-refractivity contribution in [2.45, 2.75) is 165 Å². The monoisotopic (exact) mass is 587 g/mol. The molecule has 0 fully saturated rings. The third-order valence-electron chi connectivity index (χ3n) is 6.56. The van der Waals surface area contributed by atoms with Gasteiger partial charge in [-0.15, -0.1) is 0 Å². The minimum atomic E-state index is -0.142. The minimum absolute atomic E-state index is 0.0913. The second-order valence-electron chi connectivity index (χ2n) is 10.3. The van der Waals surface area contributed by atoms with Gasteiger partial charge in [0.1, 0.15) is 0 Å². The summed E-state index contributed by atoms with van der Waals surface area (Å²) < 4.78 is 5.33. The lowest BCUT2D eigenvalue weighted by atomic mass is 10.1. The van der Waals surface area contributed by atoms with Crippen molar-refractivity contribution in [3.8, 4) is 0 Å². The predicted octanol–water partition coefficient (Wildman–Crippen LogP) is 10.5. The molecule has 1 atom stereocenters. The second-order valence-corrected chi connectivity index (χ2v) is 12.9. The molecule has 0 amide bonds. The van der Waals surface area contributed by atoms with Crippen molar-refractivity contribution in [3.05, 3.63) is 5.28 Å². The average molecular weight is 588 g/mol. The topological polar surface area (TPSA) is 65.0 Å². The highest BCUT2D eigenvalue weighted by atomic mass is 35.5. The SMILES string of the molecule is CCCCCCCCCCCCCCCSc1nc(Cl)nc(SC(CCCCCC)CC(=O)OCCC)n1. The third kappa shape index (κ3) is 20.4. The Balaban J connectivity index is 2.32. The lowest BCUT2D eigenvalue weighted by Gasteiger charge is -2.15. The molecule has 38 heavy (non-hydrogen) atoms. The van der Waals surface area contributed by atoms with Gasteiger partial charge in [0.2, 0.25) is 5.28 Å². The van der Waals surface area contributed by atoms with Crippen LogP contribution in [0.5, 0.6) is 0 Å². The second kappa shape index (κ2) is 25.4. The van der Waals surface area contributed by atoms with Gasteiger partial charge in [0.25, 0.3) is 0 Å². The van der Waals surface area contributed by atoms with Crippen LogP contribution in [0.4, 0.5) is 0 Å². The summed E-state index contributed by atoms with van der Waals surface area (Å²) in [7, 11) is 0. The zero-order valence-electron chi connectivity index (χ0n) is 24.5. The Hall–Kier alpha value is -0.530. The van der Waals surface area contributed by atoms with E-state index in [0.29, 0.717) is 23.3 Å². The molecule has 0 radical (unpaired) electrons. The molecule has 0 aromatic carbocycles. The summed E-state index contributed by atoms with van der Waals surface area (Å²) in [6, 6.07) is 0. The largest absolute Gasteiger partial charge is 0.466 e. The molecule has 1 unspecified atom stereocenters. The normalized spacial score (nSPS) is 12.1. The van der Waals surface area contributed by atoms with E-state index in [1.807, 2.05) is 6.92 Å². The average Bonchev–Trinajstić information content (AvgIpc) is 2.89. The summed E-state index contributed by atoms with van der Waals surface area (Å²) in [4.78, 5) is 25.6. The molecule has 0 aliphatic heterocycles. The highest BCUT2D eigenvalue weighted by molar-refractivity contribution is 8.00. The number of halogens is 1. The predicted molar refractivity (Wildman–Crippen MR) is 166 cm³/mol. The molecular formula is C30H54ClN3O2S2. The molecule has 0 aliphatic carbocycles. The van der Waals surface area contributed by atoms with Crippen molar-refractivity contribution in [3.63, 3.8) is 0 Å². The molecule has 0 bridgehead atoms. The van der Waals surface area contributed by atoms with Gasteiger partial charge in [-0.1, -0.05) is 147 Å². The Morgan fingerprint density at radius 2 is 1.24 bits per heavy atom. The molecule has 0 spiro atoms. The number of rotatable bonds is 26. The molecular weight excluding hydrogens is 534 g/mol. The fourth-order valence-electron chi connectivity index (χ4n) is 4.33. The molecule has 1 aromatic heterocycles. The van der Waals surface area contributed by atoms with Gasteiger partial charge in [-0.3, -0.25) is 4.79 Å². The third-order valence-corrected chi connectivity index (χ3v) is 8.79. The molecule has 8 heteroatoms.